The molecule has 3 nitrogen and oxygen atoms in total. The smallest absolute Gasteiger partial charge is 0.231 e. The third kappa shape index (κ3) is 5.03. The predicted molar refractivity (Wildman–Crippen MR) is 97.2 cm³/mol. The van der Waals surface area contributed by atoms with Gasteiger partial charge in [-0.25, -0.2) is 8.78 Å². The first-order valence-corrected chi connectivity index (χ1v) is 9.13. The van der Waals surface area contributed by atoms with Crippen molar-refractivity contribution >= 4 is 33.6 Å². The van der Waals surface area contributed by atoms with Gasteiger partial charge in [-0.3, -0.25) is 4.79 Å². The van der Waals surface area contributed by atoms with Crippen molar-refractivity contribution in [2.24, 2.45) is 0 Å². The Labute approximate surface area is 157 Å². The van der Waals surface area contributed by atoms with E-state index in [9.17, 15) is 18.8 Å². The molecule has 1 N–H and O–H groups in total. The van der Waals surface area contributed by atoms with Crippen molar-refractivity contribution in [3.63, 3.8) is 0 Å². The SMILES string of the molecule is Cc1cc(SCC(=O)NC(C#N)c2ccc(F)cc2F)c(C)cc1Br. The molecule has 130 valence electrons. The van der Waals surface area contributed by atoms with Crippen LogP contribution in [0.5, 0.6) is 0 Å². The van der Waals surface area contributed by atoms with Crippen molar-refractivity contribution in [2.75, 3.05) is 5.75 Å². The molecule has 1 amide bonds. The van der Waals surface area contributed by atoms with Gasteiger partial charge in [0.2, 0.25) is 5.91 Å². The Balaban J connectivity index is 2.04. The zero-order valence-corrected chi connectivity index (χ0v) is 16.0. The summed E-state index contributed by atoms with van der Waals surface area (Å²) in [5, 5.41) is 11.6. The zero-order chi connectivity index (χ0) is 18.6. The molecule has 0 aliphatic rings. The van der Waals surface area contributed by atoms with Gasteiger partial charge in [-0.2, -0.15) is 5.26 Å². The third-order valence-electron chi connectivity index (χ3n) is 3.52. The number of halogens is 3. The highest BCUT2D eigenvalue weighted by atomic mass is 79.9. The van der Waals surface area contributed by atoms with Crippen molar-refractivity contribution < 1.29 is 13.6 Å². The number of rotatable bonds is 5. The number of hydrogen-bond donors (Lipinski definition) is 1. The highest BCUT2D eigenvalue weighted by molar-refractivity contribution is 9.10. The van der Waals surface area contributed by atoms with Gasteiger partial charge in [-0.1, -0.05) is 22.0 Å². The van der Waals surface area contributed by atoms with Gasteiger partial charge in [-0.05, 0) is 43.2 Å². The van der Waals surface area contributed by atoms with Crippen LogP contribution in [0.2, 0.25) is 0 Å². The lowest BCUT2D eigenvalue weighted by Gasteiger charge is -2.13. The van der Waals surface area contributed by atoms with Gasteiger partial charge in [0, 0.05) is 21.0 Å². The normalized spacial score (nSPS) is 11.7. The molecule has 25 heavy (non-hydrogen) atoms. The van der Waals surface area contributed by atoms with Crippen molar-refractivity contribution in [3.05, 3.63) is 63.1 Å². The fraction of sp³-hybridized carbons (Fsp3) is 0.222. The number of thioether (sulfide) groups is 1. The van der Waals surface area contributed by atoms with Crippen LogP contribution in [0.15, 0.2) is 39.7 Å². The summed E-state index contributed by atoms with van der Waals surface area (Å²) < 4.78 is 27.7. The summed E-state index contributed by atoms with van der Waals surface area (Å²) in [6, 6.07) is 7.51. The minimum atomic E-state index is -1.17. The molecule has 0 aromatic heterocycles. The van der Waals surface area contributed by atoms with Crippen LogP contribution in [-0.4, -0.2) is 11.7 Å². The molecule has 7 heteroatoms. The fourth-order valence-corrected chi connectivity index (χ4v) is 3.55. The second-order valence-electron chi connectivity index (χ2n) is 5.45. The molecule has 2 rings (SSSR count). The summed E-state index contributed by atoms with van der Waals surface area (Å²) in [5.74, 6) is -1.91. The molecule has 1 unspecified atom stereocenters. The average molecular weight is 425 g/mol. The Bertz CT molecular complexity index is 852. The topological polar surface area (TPSA) is 52.9 Å². The van der Waals surface area contributed by atoms with E-state index < -0.39 is 23.6 Å². The first-order chi connectivity index (χ1) is 11.8. The third-order valence-corrected chi connectivity index (χ3v) is 5.53. The summed E-state index contributed by atoms with van der Waals surface area (Å²) >= 11 is 4.79. The van der Waals surface area contributed by atoms with E-state index in [1.165, 1.54) is 11.8 Å². The largest absolute Gasteiger partial charge is 0.336 e. The number of nitrogens with zero attached hydrogens (tertiary/aromatic N) is 1. The maximum absolute atomic E-state index is 13.8. The number of carbonyl (C=O) groups excluding carboxylic acids is 1. The first-order valence-electron chi connectivity index (χ1n) is 7.35. The van der Waals surface area contributed by atoms with E-state index >= 15 is 0 Å². The van der Waals surface area contributed by atoms with Gasteiger partial charge >= 0.3 is 0 Å². The molecule has 0 heterocycles. The van der Waals surface area contributed by atoms with Crippen LogP contribution in [0.25, 0.3) is 0 Å². The van der Waals surface area contributed by atoms with E-state index in [0.29, 0.717) is 6.07 Å². The first kappa shape index (κ1) is 19.4. The Morgan fingerprint density at radius 2 is 2.00 bits per heavy atom. The lowest BCUT2D eigenvalue weighted by Crippen LogP contribution is -2.29. The van der Waals surface area contributed by atoms with Gasteiger partial charge in [0.05, 0.1) is 11.8 Å². The second-order valence-corrected chi connectivity index (χ2v) is 7.32. The molecule has 1 atom stereocenters. The van der Waals surface area contributed by atoms with Crippen LogP contribution in [-0.2, 0) is 4.79 Å². The van der Waals surface area contributed by atoms with E-state index in [0.717, 1.165) is 32.6 Å². The van der Waals surface area contributed by atoms with Crippen molar-refractivity contribution in [3.8, 4) is 6.07 Å². The van der Waals surface area contributed by atoms with Gasteiger partial charge in [-0.15, -0.1) is 11.8 Å². The highest BCUT2D eigenvalue weighted by Gasteiger charge is 2.18. The number of benzene rings is 2. The number of hydrogen-bond acceptors (Lipinski definition) is 3. The van der Waals surface area contributed by atoms with Gasteiger partial charge in [0.1, 0.15) is 17.7 Å². The molecular weight excluding hydrogens is 410 g/mol. The van der Waals surface area contributed by atoms with Gasteiger partial charge in [0.15, 0.2) is 0 Å². The van der Waals surface area contributed by atoms with Crippen LogP contribution in [0.4, 0.5) is 8.78 Å². The minimum Gasteiger partial charge on any atom is -0.336 e. The Hall–Kier alpha value is -1.91. The van der Waals surface area contributed by atoms with Crippen LogP contribution in [0.3, 0.4) is 0 Å². The van der Waals surface area contributed by atoms with E-state index in [4.69, 9.17) is 0 Å². The average Bonchev–Trinajstić information content (AvgIpc) is 2.55. The maximum atomic E-state index is 13.8. The highest BCUT2D eigenvalue weighted by Crippen LogP contribution is 2.28. The number of nitriles is 1. The van der Waals surface area contributed by atoms with E-state index in [2.05, 4.69) is 21.2 Å². The Morgan fingerprint density at radius 1 is 1.28 bits per heavy atom. The lowest BCUT2D eigenvalue weighted by molar-refractivity contribution is -0.118. The van der Waals surface area contributed by atoms with Crippen LogP contribution >= 0.6 is 27.7 Å². The molecular formula is C18H15BrF2N2OS. The van der Waals surface area contributed by atoms with Gasteiger partial charge < -0.3 is 5.32 Å². The Morgan fingerprint density at radius 3 is 2.64 bits per heavy atom. The summed E-state index contributed by atoms with van der Waals surface area (Å²) in [4.78, 5) is 13.1. The standard InChI is InChI=1S/C18H15BrF2N2OS/c1-10-6-17(11(2)5-14(10)19)25-9-18(24)23-16(8-22)13-4-3-12(20)7-15(13)21/h3-7,16H,9H2,1-2H3,(H,23,24). The van der Waals surface area contributed by atoms with Crippen molar-refractivity contribution in [1.82, 2.24) is 5.32 Å². The van der Waals surface area contributed by atoms with E-state index in [-0.39, 0.29) is 11.3 Å². The van der Waals surface area contributed by atoms with Crippen LogP contribution in [0, 0.1) is 36.8 Å². The molecule has 0 aliphatic carbocycles. The number of nitrogens with one attached hydrogen (secondary N) is 1. The molecule has 2 aromatic carbocycles. The van der Waals surface area contributed by atoms with Crippen molar-refractivity contribution in [2.45, 2.75) is 24.8 Å². The monoisotopic (exact) mass is 424 g/mol. The number of carbonyl (C=O) groups is 1. The molecule has 0 saturated heterocycles. The quantitative estimate of drug-likeness (QED) is 0.700. The van der Waals surface area contributed by atoms with Crippen LogP contribution < -0.4 is 5.32 Å². The second kappa shape index (κ2) is 8.45. The predicted octanol–water partition coefficient (Wildman–Crippen LogP) is 4.82. The summed E-state index contributed by atoms with van der Waals surface area (Å²) in [6.45, 7) is 3.90. The fourth-order valence-electron chi connectivity index (χ4n) is 2.17. The molecule has 2 aromatic rings. The molecule has 0 radical (unpaired) electrons. The molecule has 0 aliphatic heterocycles. The molecule has 0 bridgehead atoms. The van der Waals surface area contributed by atoms with Gasteiger partial charge in [0.25, 0.3) is 0 Å². The number of aryl methyl sites for hydroxylation is 2. The van der Waals surface area contributed by atoms with E-state index in [1.807, 2.05) is 32.0 Å². The van der Waals surface area contributed by atoms with E-state index in [1.54, 1.807) is 0 Å². The molecule has 0 spiro atoms. The maximum Gasteiger partial charge on any atom is 0.231 e. The Kier molecular flexibility index (Phi) is 6.57. The summed E-state index contributed by atoms with van der Waals surface area (Å²) in [7, 11) is 0. The molecule has 0 fully saturated rings. The molecule has 0 saturated carbocycles. The minimum absolute atomic E-state index is 0.0575. The summed E-state index contributed by atoms with van der Waals surface area (Å²) in [6.07, 6.45) is 0. The van der Waals surface area contributed by atoms with Crippen molar-refractivity contribution in [1.29, 1.82) is 5.26 Å². The van der Waals surface area contributed by atoms with Crippen LogP contribution in [0.1, 0.15) is 22.7 Å². The summed E-state index contributed by atoms with van der Waals surface area (Å²) in [5.41, 5.74) is 2.02. The lowest BCUT2D eigenvalue weighted by atomic mass is 10.1. The number of amides is 1. The zero-order valence-electron chi connectivity index (χ0n) is 13.6.